The molecule has 2 N–H and O–H groups in total. The fraction of sp³-hybridized carbons (Fsp3) is 0.143. The number of carbonyl (C=O) groups excluding carboxylic acids is 3. The normalized spacial score (nSPS) is 10.7. The van der Waals surface area contributed by atoms with Crippen molar-refractivity contribution in [3.63, 3.8) is 0 Å². The first kappa shape index (κ1) is 25.7. The number of anilines is 2. The van der Waals surface area contributed by atoms with Crippen LogP contribution in [0.3, 0.4) is 0 Å². The average Bonchev–Trinajstić information content (AvgIpc) is 2.89. The number of methoxy groups -OCH3 is 1. The van der Waals surface area contributed by atoms with Crippen LogP contribution in [0.25, 0.3) is 6.08 Å². The molecule has 0 spiro atoms. The minimum absolute atomic E-state index is 0.103. The van der Waals surface area contributed by atoms with Gasteiger partial charge in [-0.2, -0.15) is 5.26 Å². The predicted molar refractivity (Wildman–Crippen MR) is 136 cm³/mol. The van der Waals surface area contributed by atoms with Crippen molar-refractivity contribution in [1.29, 1.82) is 5.26 Å². The van der Waals surface area contributed by atoms with Gasteiger partial charge in [0.15, 0.2) is 6.61 Å². The Balaban J connectivity index is 1.58. The molecule has 8 nitrogen and oxygen atoms in total. The Morgan fingerprint density at radius 3 is 2.28 bits per heavy atom. The van der Waals surface area contributed by atoms with E-state index in [0.717, 1.165) is 16.8 Å². The van der Waals surface area contributed by atoms with Gasteiger partial charge in [-0.15, -0.1) is 0 Å². The summed E-state index contributed by atoms with van der Waals surface area (Å²) in [5.74, 6) is -0.890. The molecule has 0 unspecified atom stereocenters. The molecule has 0 aliphatic heterocycles. The second-order valence-electron chi connectivity index (χ2n) is 7.85. The lowest BCUT2D eigenvalue weighted by Gasteiger charge is -2.11. The monoisotopic (exact) mass is 483 g/mol. The molecule has 8 heteroatoms. The molecular weight excluding hydrogens is 458 g/mol. The summed E-state index contributed by atoms with van der Waals surface area (Å²) < 4.78 is 10.2. The lowest BCUT2D eigenvalue weighted by Crippen LogP contribution is -2.20. The van der Waals surface area contributed by atoms with Crippen LogP contribution in [0.15, 0.2) is 72.3 Å². The quantitative estimate of drug-likeness (QED) is 0.274. The number of hydrogen-bond donors (Lipinski definition) is 2. The zero-order chi connectivity index (χ0) is 26.1. The Bertz CT molecular complexity index is 1340. The zero-order valence-corrected chi connectivity index (χ0v) is 20.1. The highest BCUT2D eigenvalue weighted by Crippen LogP contribution is 2.19. The van der Waals surface area contributed by atoms with E-state index in [-0.39, 0.29) is 18.1 Å². The standard InChI is InChI=1S/C28H25N3O5/c1-18-5-4-6-25(19(18)2)31-26(32)17-36-24-13-7-20(8-14-24)15-22(16-29)27(33)30-23-11-9-21(10-12-23)28(34)35-3/h4-15H,17H2,1-3H3,(H,30,33)(H,31,32)/b22-15-. The van der Waals surface area contributed by atoms with Crippen molar-refractivity contribution in [2.24, 2.45) is 0 Å². The van der Waals surface area contributed by atoms with Gasteiger partial charge in [-0.3, -0.25) is 9.59 Å². The summed E-state index contributed by atoms with van der Waals surface area (Å²) in [5, 5.41) is 14.9. The van der Waals surface area contributed by atoms with Crippen LogP contribution in [0.1, 0.15) is 27.0 Å². The highest BCUT2D eigenvalue weighted by Gasteiger charge is 2.11. The largest absolute Gasteiger partial charge is 0.484 e. The molecular formula is C28H25N3O5. The molecule has 3 aromatic rings. The van der Waals surface area contributed by atoms with Crippen molar-refractivity contribution in [3.8, 4) is 11.8 Å². The second kappa shape index (κ2) is 12.0. The fourth-order valence-electron chi connectivity index (χ4n) is 3.20. The van der Waals surface area contributed by atoms with Crippen molar-refractivity contribution in [2.75, 3.05) is 24.4 Å². The number of nitrogens with one attached hydrogen (secondary N) is 2. The van der Waals surface area contributed by atoms with Gasteiger partial charge in [-0.25, -0.2) is 4.79 Å². The first-order chi connectivity index (χ1) is 17.3. The Hall–Kier alpha value is -4.90. The van der Waals surface area contributed by atoms with E-state index in [1.165, 1.54) is 25.3 Å². The number of esters is 1. The maximum atomic E-state index is 12.5. The van der Waals surface area contributed by atoms with Gasteiger partial charge in [0.1, 0.15) is 17.4 Å². The maximum absolute atomic E-state index is 12.5. The van der Waals surface area contributed by atoms with Crippen LogP contribution >= 0.6 is 0 Å². The highest BCUT2D eigenvalue weighted by molar-refractivity contribution is 6.09. The first-order valence-electron chi connectivity index (χ1n) is 11.0. The molecule has 0 bridgehead atoms. The number of ether oxygens (including phenoxy) is 2. The van der Waals surface area contributed by atoms with Crippen molar-refractivity contribution in [1.82, 2.24) is 0 Å². The summed E-state index contributed by atoms with van der Waals surface area (Å²) in [6, 6.07) is 20.3. The number of benzene rings is 3. The molecule has 0 fully saturated rings. The number of hydrogen-bond acceptors (Lipinski definition) is 6. The summed E-state index contributed by atoms with van der Waals surface area (Å²) in [6.07, 6.45) is 1.44. The van der Waals surface area contributed by atoms with Gasteiger partial charge < -0.3 is 20.1 Å². The molecule has 0 atom stereocenters. The van der Waals surface area contributed by atoms with Crippen LogP contribution in [0.5, 0.6) is 5.75 Å². The third kappa shape index (κ3) is 6.81. The fourth-order valence-corrected chi connectivity index (χ4v) is 3.20. The molecule has 182 valence electrons. The Morgan fingerprint density at radius 1 is 0.944 bits per heavy atom. The molecule has 0 saturated carbocycles. The molecule has 0 radical (unpaired) electrons. The zero-order valence-electron chi connectivity index (χ0n) is 20.1. The number of nitrogens with zero attached hydrogens (tertiary/aromatic N) is 1. The van der Waals surface area contributed by atoms with Crippen LogP contribution in [0, 0.1) is 25.2 Å². The van der Waals surface area contributed by atoms with Gasteiger partial charge in [0.05, 0.1) is 12.7 Å². The molecule has 0 saturated heterocycles. The smallest absolute Gasteiger partial charge is 0.337 e. The maximum Gasteiger partial charge on any atom is 0.337 e. The minimum Gasteiger partial charge on any atom is -0.484 e. The summed E-state index contributed by atoms with van der Waals surface area (Å²) in [4.78, 5) is 36.3. The van der Waals surface area contributed by atoms with Crippen LogP contribution in [-0.2, 0) is 14.3 Å². The average molecular weight is 484 g/mol. The molecule has 3 aromatic carbocycles. The van der Waals surface area contributed by atoms with E-state index in [4.69, 9.17) is 4.74 Å². The van der Waals surface area contributed by atoms with E-state index in [1.54, 1.807) is 36.4 Å². The molecule has 3 rings (SSSR count). The van der Waals surface area contributed by atoms with E-state index in [0.29, 0.717) is 22.6 Å². The molecule has 0 aromatic heterocycles. The summed E-state index contributed by atoms with van der Waals surface area (Å²) in [5.41, 5.74) is 4.10. The first-order valence-corrected chi connectivity index (χ1v) is 11.0. The molecule has 0 aliphatic carbocycles. The van der Waals surface area contributed by atoms with Crippen molar-refractivity contribution in [3.05, 3.63) is 94.6 Å². The van der Waals surface area contributed by atoms with E-state index >= 15 is 0 Å². The third-order valence-electron chi connectivity index (χ3n) is 5.37. The summed E-state index contributed by atoms with van der Waals surface area (Å²) in [6.45, 7) is 3.75. The number of carbonyl (C=O) groups is 3. The number of rotatable bonds is 8. The topological polar surface area (TPSA) is 118 Å². The van der Waals surface area contributed by atoms with Crippen molar-refractivity contribution >= 4 is 35.2 Å². The molecule has 0 aliphatic rings. The lowest BCUT2D eigenvalue weighted by molar-refractivity contribution is -0.118. The number of amides is 2. The van der Waals surface area contributed by atoms with Gasteiger partial charge in [-0.05, 0) is 79.1 Å². The molecule has 36 heavy (non-hydrogen) atoms. The molecule has 2 amide bonds. The third-order valence-corrected chi connectivity index (χ3v) is 5.37. The predicted octanol–water partition coefficient (Wildman–Crippen LogP) is 4.65. The van der Waals surface area contributed by atoms with Gasteiger partial charge >= 0.3 is 5.97 Å². The lowest BCUT2D eigenvalue weighted by atomic mass is 10.1. The highest BCUT2D eigenvalue weighted by atomic mass is 16.5. The van der Waals surface area contributed by atoms with Crippen LogP contribution in [-0.4, -0.2) is 31.5 Å². The van der Waals surface area contributed by atoms with Crippen LogP contribution < -0.4 is 15.4 Å². The Kier molecular flexibility index (Phi) is 8.57. The van der Waals surface area contributed by atoms with Crippen LogP contribution in [0.2, 0.25) is 0 Å². The Labute approximate surface area is 209 Å². The van der Waals surface area contributed by atoms with Gasteiger partial charge in [-0.1, -0.05) is 24.3 Å². The molecule has 0 heterocycles. The van der Waals surface area contributed by atoms with E-state index in [1.807, 2.05) is 38.1 Å². The van der Waals surface area contributed by atoms with Crippen LogP contribution in [0.4, 0.5) is 11.4 Å². The minimum atomic E-state index is -0.591. The number of aryl methyl sites for hydroxylation is 1. The van der Waals surface area contributed by atoms with Gasteiger partial charge in [0.25, 0.3) is 11.8 Å². The summed E-state index contributed by atoms with van der Waals surface area (Å²) in [7, 11) is 1.28. The van der Waals surface area contributed by atoms with Crippen molar-refractivity contribution < 1.29 is 23.9 Å². The Morgan fingerprint density at radius 2 is 1.64 bits per heavy atom. The van der Waals surface area contributed by atoms with E-state index in [2.05, 4.69) is 15.4 Å². The van der Waals surface area contributed by atoms with E-state index in [9.17, 15) is 19.6 Å². The van der Waals surface area contributed by atoms with Crippen molar-refractivity contribution in [2.45, 2.75) is 13.8 Å². The van der Waals surface area contributed by atoms with Gasteiger partial charge in [0, 0.05) is 11.4 Å². The SMILES string of the molecule is COC(=O)c1ccc(NC(=O)/C(C#N)=C\c2ccc(OCC(=O)Nc3cccc(C)c3C)cc2)cc1. The van der Waals surface area contributed by atoms with Gasteiger partial charge in [0.2, 0.25) is 0 Å². The number of nitriles is 1. The van der Waals surface area contributed by atoms with E-state index < -0.39 is 11.9 Å². The summed E-state index contributed by atoms with van der Waals surface area (Å²) >= 11 is 0. The second-order valence-corrected chi connectivity index (χ2v) is 7.85.